The predicted molar refractivity (Wildman–Crippen MR) is 57.8 cm³/mol. The Morgan fingerprint density at radius 2 is 2.00 bits per heavy atom. The van der Waals surface area contributed by atoms with Crippen LogP contribution in [-0.4, -0.2) is 17.3 Å². The molecule has 0 spiro atoms. The van der Waals surface area contributed by atoms with E-state index in [1.807, 2.05) is 0 Å². The van der Waals surface area contributed by atoms with Crippen LogP contribution in [0.3, 0.4) is 0 Å². The number of Topliss-reactive ketones (excluding diaryl/α,β-unsaturated/α-hetero) is 1. The van der Waals surface area contributed by atoms with E-state index >= 15 is 0 Å². The van der Waals surface area contributed by atoms with Gasteiger partial charge in [0.05, 0.1) is 0 Å². The quantitative estimate of drug-likeness (QED) is 0.475. The van der Waals surface area contributed by atoms with E-state index < -0.39 is 17.3 Å². The van der Waals surface area contributed by atoms with Crippen LogP contribution < -0.4 is 5.73 Å². The van der Waals surface area contributed by atoms with Gasteiger partial charge in [-0.15, -0.1) is 12.4 Å². The van der Waals surface area contributed by atoms with Crippen LogP contribution in [0.25, 0.3) is 0 Å². The van der Waals surface area contributed by atoms with Crippen molar-refractivity contribution in [3.8, 4) is 0 Å². The molecule has 2 N–H and O–H groups in total. The van der Waals surface area contributed by atoms with Crippen molar-refractivity contribution in [3.63, 3.8) is 0 Å². The van der Waals surface area contributed by atoms with Crippen LogP contribution in [0.5, 0.6) is 0 Å². The Morgan fingerprint density at radius 3 is 2.53 bits per heavy atom. The van der Waals surface area contributed by atoms with Crippen molar-refractivity contribution in [2.24, 2.45) is 5.73 Å². The molecule has 0 bridgehead atoms. The van der Waals surface area contributed by atoms with E-state index in [9.17, 15) is 14.9 Å². The number of halogens is 1. The van der Waals surface area contributed by atoms with Gasteiger partial charge in [0.15, 0.2) is 0 Å². The molecule has 0 aliphatic heterocycles. The minimum absolute atomic E-state index is 0. The number of carbonyl (C=O) groups excluding carboxylic acids is 1. The van der Waals surface area contributed by atoms with E-state index in [4.69, 9.17) is 5.73 Å². The van der Waals surface area contributed by atoms with Crippen molar-refractivity contribution >= 4 is 18.2 Å². The molecule has 0 radical (unpaired) electrons. The fourth-order valence-electron chi connectivity index (χ4n) is 1.17. The second kappa shape index (κ2) is 6.10. The Kier molecular flexibility index (Phi) is 5.51. The highest BCUT2D eigenvalue weighted by molar-refractivity contribution is 5.98. The van der Waals surface area contributed by atoms with Crippen molar-refractivity contribution in [2.75, 3.05) is 6.54 Å². The Labute approximate surface area is 92.8 Å². The average molecular weight is 231 g/mol. The third kappa shape index (κ3) is 3.65. The summed E-state index contributed by atoms with van der Waals surface area (Å²) in [5, 5.41) is 10.1. The standard InChI is InChI=1S/C9H10N2O3.ClH/c10-5-7-3-1-2-4-8(7)9(12)6-11(13)14;/h1-4H,5-6,10H2;1H. The molecular formula is C9H11ClN2O3. The molecule has 0 aliphatic rings. The molecule has 0 fully saturated rings. The lowest BCUT2D eigenvalue weighted by molar-refractivity contribution is -0.465. The number of ketones is 1. The van der Waals surface area contributed by atoms with Gasteiger partial charge in [-0.2, -0.15) is 0 Å². The molecular weight excluding hydrogens is 220 g/mol. The Bertz CT molecular complexity index is 368. The van der Waals surface area contributed by atoms with Crippen LogP contribution in [0.4, 0.5) is 0 Å². The molecule has 15 heavy (non-hydrogen) atoms. The van der Waals surface area contributed by atoms with Crippen LogP contribution in [0.15, 0.2) is 24.3 Å². The first-order chi connectivity index (χ1) is 6.65. The first kappa shape index (κ1) is 13.5. The summed E-state index contributed by atoms with van der Waals surface area (Å²) in [6, 6.07) is 6.64. The smallest absolute Gasteiger partial charge is 0.265 e. The maximum atomic E-state index is 11.3. The number of hydrogen-bond donors (Lipinski definition) is 1. The van der Waals surface area contributed by atoms with Crippen molar-refractivity contribution in [2.45, 2.75) is 6.54 Å². The van der Waals surface area contributed by atoms with E-state index in [2.05, 4.69) is 0 Å². The van der Waals surface area contributed by atoms with Crippen LogP contribution in [0.1, 0.15) is 15.9 Å². The van der Waals surface area contributed by atoms with E-state index in [0.29, 0.717) is 11.1 Å². The topological polar surface area (TPSA) is 86.2 Å². The molecule has 0 unspecified atom stereocenters. The molecule has 0 aromatic heterocycles. The zero-order valence-electron chi connectivity index (χ0n) is 7.88. The fourth-order valence-corrected chi connectivity index (χ4v) is 1.17. The van der Waals surface area contributed by atoms with E-state index in [0.717, 1.165) is 0 Å². The zero-order chi connectivity index (χ0) is 10.6. The van der Waals surface area contributed by atoms with Gasteiger partial charge in [0.2, 0.25) is 5.78 Å². The van der Waals surface area contributed by atoms with E-state index in [1.165, 1.54) is 0 Å². The second-order valence-corrected chi connectivity index (χ2v) is 2.78. The molecule has 5 nitrogen and oxygen atoms in total. The summed E-state index contributed by atoms with van der Waals surface area (Å²) >= 11 is 0. The number of carbonyl (C=O) groups is 1. The van der Waals surface area contributed by atoms with Gasteiger partial charge in [0.25, 0.3) is 6.54 Å². The molecule has 0 heterocycles. The molecule has 0 amide bonds. The van der Waals surface area contributed by atoms with Crippen molar-refractivity contribution in [1.82, 2.24) is 0 Å². The highest BCUT2D eigenvalue weighted by Crippen LogP contribution is 2.08. The normalized spacial score (nSPS) is 9.13. The highest BCUT2D eigenvalue weighted by Gasteiger charge is 2.14. The molecule has 6 heteroatoms. The lowest BCUT2D eigenvalue weighted by Gasteiger charge is -2.02. The van der Waals surface area contributed by atoms with Crippen LogP contribution in [-0.2, 0) is 6.54 Å². The average Bonchev–Trinajstić information content (AvgIpc) is 2.16. The molecule has 1 aromatic carbocycles. The van der Waals surface area contributed by atoms with Gasteiger partial charge in [0.1, 0.15) is 0 Å². The number of benzene rings is 1. The van der Waals surface area contributed by atoms with Gasteiger partial charge in [0, 0.05) is 17.0 Å². The van der Waals surface area contributed by atoms with Crippen molar-refractivity contribution in [3.05, 3.63) is 45.5 Å². The Balaban J connectivity index is 0.00000196. The molecule has 0 atom stereocenters. The summed E-state index contributed by atoms with van der Waals surface area (Å²) in [4.78, 5) is 20.8. The number of nitro groups is 1. The molecule has 0 aliphatic carbocycles. The molecule has 0 saturated heterocycles. The van der Waals surface area contributed by atoms with Crippen LogP contribution in [0, 0.1) is 10.1 Å². The van der Waals surface area contributed by atoms with Crippen molar-refractivity contribution < 1.29 is 9.72 Å². The maximum Gasteiger partial charge on any atom is 0.265 e. The maximum absolute atomic E-state index is 11.3. The lowest BCUT2D eigenvalue weighted by Crippen LogP contribution is -2.16. The third-order valence-electron chi connectivity index (χ3n) is 1.81. The van der Waals surface area contributed by atoms with Gasteiger partial charge in [-0.25, -0.2) is 0 Å². The zero-order valence-corrected chi connectivity index (χ0v) is 8.70. The Morgan fingerprint density at radius 1 is 1.40 bits per heavy atom. The van der Waals surface area contributed by atoms with E-state index in [1.54, 1.807) is 24.3 Å². The highest BCUT2D eigenvalue weighted by atomic mass is 35.5. The van der Waals surface area contributed by atoms with Gasteiger partial charge in [-0.3, -0.25) is 14.9 Å². The summed E-state index contributed by atoms with van der Waals surface area (Å²) in [7, 11) is 0. The monoisotopic (exact) mass is 230 g/mol. The summed E-state index contributed by atoms with van der Waals surface area (Å²) in [6.07, 6.45) is 0. The summed E-state index contributed by atoms with van der Waals surface area (Å²) < 4.78 is 0. The predicted octanol–water partition coefficient (Wildman–Crippen LogP) is 1.03. The first-order valence-corrected chi connectivity index (χ1v) is 4.08. The number of nitrogens with zero attached hydrogens (tertiary/aromatic N) is 1. The first-order valence-electron chi connectivity index (χ1n) is 4.08. The van der Waals surface area contributed by atoms with Crippen LogP contribution >= 0.6 is 12.4 Å². The molecule has 1 aromatic rings. The van der Waals surface area contributed by atoms with Gasteiger partial charge < -0.3 is 5.73 Å². The third-order valence-corrected chi connectivity index (χ3v) is 1.81. The molecule has 0 saturated carbocycles. The van der Waals surface area contributed by atoms with E-state index in [-0.39, 0.29) is 19.0 Å². The minimum atomic E-state index is -0.684. The van der Waals surface area contributed by atoms with Gasteiger partial charge in [-0.1, -0.05) is 24.3 Å². The summed E-state index contributed by atoms with van der Waals surface area (Å²) in [5.41, 5.74) is 6.37. The van der Waals surface area contributed by atoms with Crippen molar-refractivity contribution in [1.29, 1.82) is 0 Å². The largest absolute Gasteiger partial charge is 0.326 e. The number of hydrogen-bond acceptors (Lipinski definition) is 4. The SMILES string of the molecule is Cl.NCc1ccccc1C(=O)C[N+](=O)[O-]. The lowest BCUT2D eigenvalue weighted by atomic mass is 10.0. The van der Waals surface area contributed by atoms with Crippen LogP contribution in [0.2, 0.25) is 0 Å². The van der Waals surface area contributed by atoms with Gasteiger partial charge in [-0.05, 0) is 5.56 Å². The Hall–Kier alpha value is -1.46. The summed E-state index contributed by atoms with van der Waals surface area (Å²) in [5.74, 6) is -0.504. The minimum Gasteiger partial charge on any atom is -0.326 e. The molecule has 82 valence electrons. The second-order valence-electron chi connectivity index (χ2n) is 2.78. The fraction of sp³-hybridized carbons (Fsp3) is 0.222. The number of nitrogens with two attached hydrogens (primary N) is 1. The number of rotatable bonds is 4. The summed E-state index contributed by atoms with van der Waals surface area (Å²) in [6.45, 7) is -0.476. The van der Waals surface area contributed by atoms with Gasteiger partial charge >= 0.3 is 0 Å². The molecule has 1 rings (SSSR count).